The topological polar surface area (TPSA) is 27.8 Å². The molecule has 0 amide bonds. The van der Waals surface area contributed by atoms with Crippen molar-refractivity contribution in [1.82, 2.24) is 10.3 Å². The van der Waals surface area contributed by atoms with E-state index >= 15 is 0 Å². The molecule has 1 aromatic carbocycles. The quantitative estimate of drug-likeness (QED) is 0.730. The molecule has 0 saturated carbocycles. The zero-order chi connectivity index (χ0) is 11.4. The Bertz CT molecular complexity index is 450. The maximum absolute atomic E-state index is 6.02. The van der Waals surface area contributed by atoms with Gasteiger partial charge in [0.15, 0.2) is 0 Å². The molecule has 3 heteroatoms. The molecule has 0 saturated heterocycles. The summed E-state index contributed by atoms with van der Waals surface area (Å²) >= 11 is 0. The van der Waals surface area contributed by atoms with Crippen molar-refractivity contribution in [1.29, 1.82) is 0 Å². The molecule has 2 nitrogen and oxygen atoms in total. The van der Waals surface area contributed by atoms with Gasteiger partial charge in [-0.05, 0) is 37.0 Å². The van der Waals surface area contributed by atoms with Gasteiger partial charge in [-0.15, -0.1) is 0 Å². The van der Waals surface area contributed by atoms with Gasteiger partial charge in [0.2, 0.25) is 0 Å². The molecule has 1 atom stereocenters. The normalized spacial score (nSPS) is 13.1. The zero-order valence-corrected chi connectivity index (χ0v) is 9.66. The molecule has 2 rings (SSSR count). The number of hydrogen-bond acceptors (Lipinski definition) is 1. The molecule has 0 aliphatic rings. The molecule has 1 unspecified atom stereocenters. The summed E-state index contributed by atoms with van der Waals surface area (Å²) in [6.07, 6.45) is 4.03. The van der Waals surface area contributed by atoms with Crippen LogP contribution in [0.4, 0.5) is 0 Å². The first kappa shape index (κ1) is 11.3. The van der Waals surface area contributed by atoms with Crippen molar-refractivity contribution in [2.45, 2.75) is 25.7 Å². The Balaban J connectivity index is 2.09. The number of hydrogen-bond donors (Lipinski definition) is 2. The van der Waals surface area contributed by atoms with Crippen molar-refractivity contribution in [3.05, 3.63) is 36.0 Å². The molecule has 2 radical (unpaired) electrons. The number of aromatic nitrogens is 1. The first-order valence-electron chi connectivity index (χ1n) is 5.85. The van der Waals surface area contributed by atoms with Crippen LogP contribution in [0.2, 0.25) is 0 Å². The van der Waals surface area contributed by atoms with Crippen LogP contribution in [-0.2, 0) is 6.42 Å². The van der Waals surface area contributed by atoms with Crippen LogP contribution in [-0.4, -0.2) is 25.3 Å². The maximum atomic E-state index is 6.02. The SMILES string of the molecule is [B]C(Cc1c[nH]c2ccccc12)NCCC. The number of H-pyrrole nitrogens is 1. The minimum absolute atomic E-state index is 0.0409. The highest BCUT2D eigenvalue weighted by Gasteiger charge is 2.06. The number of rotatable bonds is 5. The second kappa shape index (κ2) is 5.22. The van der Waals surface area contributed by atoms with E-state index in [-0.39, 0.29) is 5.94 Å². The molecule has 0 spiro atoms. The number of nitrogens with one attached hydrogen (secondary N) is 2. The third kappa shape index (κ3) is 2.47. The van der Waals surface area contributed by atoms with Crippen LogP contribution in [0.5, 0.6) is 0 Å². The summed E-state index contributed by atoms with van der Waals surface area (Å²) in [5.41, 5.74) is 2.46. The molecule has 1 aromatic heterocycles. The largest absolute Gasteiger partial charge is 0.361 e. The Morgan fingerprint density at radius 1 is 1.38 bits per heavy atom. The maximum Gasteiger partial charge on any atom is 0.0911 e. The summed E-state index contributed by atoms with van der Waals surface area (Å²) in [6.45, 7) is 3.12. The van der Waals surface area contributed by atoms with E-state index in [1.54, 1.807) is 0 Å². The lowest BCUT2D eigenvalue weighted by Gasteiger charge is -2.12. The van der Waals surface area contributed by atoms with Crippen LogP contribution < -0.4 is 5.32 Å². The first-order chi connectivity index (χ1) is 7.81. The lowest BCUT2D eigenvalue weighted by atomic mass is 9.89. The van der Waals surface area contributed by atoms with Crippen molar-refractivity contribution in [3.63, 3.8) is 0 Å². The average Bonchev–Trinajstić information content (AvgIpc) is 2.70. The van der Waals surface area contributed by atoms with E-state index < -0.39 is 0 Å². The molecule has 2 N–H and O–H groups in total. The van der Waals surface area contributed by atoms with E-state index in [0.717, 1.165) is 19.4 Å². The first-order valence-corrected chi connectivity index (χ1v) is 5.85. The highest BCUT2D eigenvalue weighted by atomic mass is 14.9. The molecule has 16 heavy (non-hydrogen) atoms. The van der Waals surface area contributed by atoms with Gasteiger partial charge < -0.3 is 10.3 Å². The van der Waals surface area contributed by atoms with Crippen molar-refractivity contribution in [2.75, 3.05) is 6.54 Å². The standard InChI is InChI=1S/C13H17BN2/c1-2-7-15-13(14)8-10-9-16-12-6-4-3-5-11(10)12/h3-6,9,13,15-16H,2,7-8H2,1H3. The van der Waals surface area contributed by atoms with E-state index in [0.29, 0.717) is 0 Å². The van der Waals surface area contributed by atoms with Gasteiger partial charge in [0.25, 0.3) is 0 Å². The molecular formula is C13H17BN2. The third-order valence-corrected chi connectivity index (χ3v) is 2.77. The lowest BCUT2D eigenvalue weighted by Crippen LogP contribution is -2.31. The summed E-state index contributed by atoms with van der Waals surface area (Å²) in [7, 11) is 6.02. The van der Waals surface area contributed by atoms with E-state index in [1.807, 2.05) is 6.07 Å². The second-order valence-corrected chi connectivity index (χ2v) is 4.12. The smallest absolute Gasteiger partial charge is 0.0911 e. The summed E-state index contributed by atoms with van der Waals surface area (Å²) in [5, 5.41) is 4.57. The average molecular weight is 212 g/mol. The molecule has 0 bridgehead atoms. The number of para-hydroxylation sites is 1. The predicted octanol–water partition coefficient (Wildman–Crippen LogP) is 2.20. The van der Waals surface area contributed by atoms with Gasteiger partial charge in [0, 0.05) is 17.1 Å². The Morgan fingerprint density at radius 2 is 2.19 bits per heavy atom. The van der Waals surface area contributed by atoms with Crippen molar-refractivity contribution in [3.8, 4) is 0 Å². The second-order valence-electron chi connectivity index (χ2n) is 4.12. The molecule has 82 valence electrons. The Hall–Kier alpha value is -1.22. The molecule has 1 heterocycles. The van der Waals surface area contributed by atoms with Crippen LogP contribution in [0.3, 0.4) is 0 Å². The summed E-state index contributed by atoms with van der Waals surface area (Å²) < 4.78 is 0. The summed E-state index contributed by atoms with van der Waals surface area (Å²) in [5.74, 6) is 0.0409. The van der Waals surface area contributed by atoms with E-state index in [4.69, 9.17) is 7.85 Å². The Morgan fingerprint density at radius 3 is 3.00 bits per heavy atom. The van der Waals surface area contributed by atoms with Gasteiger partial charge in [-0.25, -0.2) is 0 Å². The van der Waals surface area contributed by atoms with Crippen molar-refractivity contribution in [2.24, 2.45) is 0 Å². The van der Waals surface area contributed by atoms with E-state index in [1.165, 1.54) is 16.5 Å². The minimum Gasteiger partial charge on any atom is -0.361 e. The van der Waals surface area contributed by atoms with Gasteiger partial charge in [0.1, 0.15) is 0 Å². The lowest BCUT2D eigenvalue weighted by molar-refractivity contribution is 0.628. The minimum atomic E-state index is 0.0409. The molecule has 0 aliphatic heterocycles. The number of aromatic amines is 1. The number of fused-ring (bicyclic) bond motifs is 1. The van der Waals surface area contributed by atoms with Gasteiger partial charge in [0.05, 0.1) is 7.85 Å². The van der Waals surface area contributed by atoms with E-state index in [2.05, 4.69) is 41.6 Å². The van der Waals surface area contributed by atoms with Crippen molar-refractivity contribution >= 4 is 18.7 Å². The van der Waals surface area contributed by atoms with Gasteiger partial charge in [-0.3, -0.25) is 0 Å². The predicted molar refractivity (Wildman–Crippen MR) is 69.8 cm³/mol. The van der Waals surface area contributed by atoms with Gasteiger partial charge in [-0.1, -0.05) is 25.1 Å². The van der Waals surface area contributed by atoms with Crippen LogP contribution >= 0.6 is 0 Å². The Kier molecular flexibility index (Phi) is 3.68. The van der Waals surface area contributed by atoms with Crippen LogP contribution in [0, 0.1) is 0 Å². The van der Waals surface area contributed by atoms with Gasteiger partial charge >= 0.3 is 0 Å². The fraction of sp³-hybridized carbons (Fsp3) is 0.385. The van der Waals surface area contributed by atoms with Crippen LogP contribution in [0.15, 0.2) is 30.5 Å². The molecule has 0 aliphatic carbocycles. The highest BCUT2D eigenvalue weighted by molar-refractivity contribution is 6.12. The van der Waals surface area contributed by atoms with Crippen molar-refractivity contribution < 1.29 is 0 Å². The monoisotopic (exact) mass is 212 g/mol. The highest BCUT2D eigenvalue weighted by Crippen LogP contribution is 2.18. The zero-order valence-electron chi connectivity index (χ0n) is 9.66. The third-order valence-electron chi connectivity index (χ3n) is 2.77. The molecule has 0 fully saturated rings. The summed E-state index contributed by atoms with van der Waals surface area (Å²) in [4.78, 5) is 3.27. The fourth-order valence-electron chi connectivity index (χ4n) is 1.94. The number of benzene rings is 1. The van der Waals surface area contributed by atoms with Crippen LogP contribution in [0.25, 0.3) is 10.9 Å². The van der Waals surface area contributed by atoms with Crippen LogP contribution in [0.1, 0.15) is 18.9 Å². The fourth-order valence-corrected chi connectivity index (χ4v) is 1.94. The molecular weight excluding hydrogens is 195 g/mol. The summed E-state index contributed by atoms with van der Waals surface area (Å²) in [6, 6.07) is 8.32. The van der Waals surface area contributed by atoms with Gasteiger partial charge in [-0.2, -0.15) is 0 Å². The van der Waals surface area contributed by atoms with E-state index in [9.17, 15) is 0 Å². The molecule has 2 aromatic rings. The Labute approximate surface area is 97.8 Å².